The van der Waals surface area contributed by atoms with E-state index in [0.717, 1.165) is 13.1 Å². The molecule has 1 N–H and O–H groups in total. The molecule has 1 aliphatic heterocycles. The second kappa shape index (κ2) is 6.92. The van der Waals surface area contributed by atoms with E-state index in [4.69, 9.17) is 0 Å². The molecule has 1 spiro atoms. The van der Waals surface area contributed by atoms with Gasteiger partial charge >= 0.3 is 0 Å². The highest BCUT2D eigenvalue weighted by molar-refractivity contribution is 5.76. The van der Waals surface area contributed by atoms with Crippen molar-refractivity contribution in [1.29, 1.82) is 0 Å². The van der Waals surface area contributed by atoms with Gasteiger partial charge in [0.05, 0.1) is 0 Å². The first-order valence-corrected chi connectivity index (χ1v) is 12.0. The van der Waals surface area contributed by atoms with E-state index in [9.17, 15) is 0 Å². The summed E-state index contributed by atoms with van der Waals surface area (Å²) in [5.74, 6) is 0. The predicted molar refractivity (Wildman–Crippen MR) is 132 cm³/mol. The zero-order valence-corrected chi connectivity index (χ0v) is 18.3. The van der Waals surface area contributed by atoms with E-state index in [-0.39, 0.29) is 5.41 Å². The SMILES string of the molecule is c1ccc(-c2ccc3c4c2CNCc2c(-c5ccccc5)ccc5c2C4(CC3)CC5)cc1. The first kappa shape index (κ1) is 18.4. The van der Waals surface area contributed by atoms with Gasteiger partial charge in [-0.15, -0.1) is 0 Å². The van der Waals surface area contributed by atoms with E-state index in [1.165, 1.54) is 59.1 Å². The van der Waals surface area contributed by atoms with Crippen molar-refractivity contribution in [3.63, 3.8) is 0 Å². The second-order valence-corrected chi connectivity index (χ2v) is 9.67. The Kier molecular flexibility index (Phi) is 3.98. The Morgan fingerprint density at radius 1 is 0.531 bits per heavy atom. The molecular weight excluding hydrogens is 386 g/mol. The van der Waals surface area contributed by atoms with Gasteiger partial charge in [0.2, 0.25) is 0 Å². The summed E-state index contributed by atoms with van der Waals surface area (Å²) in [6.07, 6.45) is 4.91. The molecule has 32 heavy (non-hydrogen) atoms. The minimum atomic E-state index is 0.188. The van der Waals surface area contributed by atoms with Gasteiger partial charge in [-0.1, -0.05) is 84.9 Å². The summed E-state index contributed by atoms with van der Waals surface area (Å²) in [5.41, 5.74) is 15.2. The lowest BCUT2D eigenvalue weighted by Crippen LogP contribution is -2.30. The topological polar surface area (TPSA) is 12.0 Å². The maximum Gasteiger partial charge on any atom is 0.0221 e. The largest absolute Gasteiger partial charge is 0.309 e. The van der Waals surface area contributed by atoms with Gasteiger partial charge < -0.3 is 5.32 Å². The van der Waals surface area contributed by atoms with Crippen molar-refractivity contribution < 1.29 is 0 Å². The monoisotopic (exact) mass is 413 g/mol. The zero-order chi connectivity index (χ0) is 21.1. The number of benzene rings is 4. The summed E-state index contributed by atoms with van der Waals surface area (Å²) in [6, 6.07) is 31.5. The molecule has 0 bridgehead atoms. The van der Waals surface area contributed by atoms with E-state index in [1.807, 2.05) is 0 Å². The number of hydrogen-bond donors (Lipinski definition) is 1. The van der Waals surface area contributed by atoms with Gasteiger partial charge in [-0.25, -0.2) is 0 Å². The van der Waals surface area contributed by atoms with Gasteiger partial charge in [0.25, 0.3) is 0 Å². The summed E-state index contributed by atoms with van der Waals surface area (Å²) in [4.78, 5) is 0. The van der Waals surface area contributed by atoms with Gasteiger partial charge in [0, 0.05) is 18.5 Å². The molecule has 0 amide bonds. The molecule has 0 fully saturated rings. The van der Waals surface area contributed by atoms with E-state index in [1.54, 1.807) is 22.3 Å². The lowest BCUT2D eigenvalue weighted by molar-refractivity contribution is 0.488. The van der Waals surface area contributed by atoms with E-state index in [0.29, 0.717) is 0 Å². The number of hydrogen-bond acceptors (Lipinski definition) is 1. The van der Waals surface area contributed by atoms with Gasteiger partial charge in [-0.3, -0.25) is 0 Å². The van der Waals surface area contributed by atoms with Gasteiger partial charge in [-0.05, 0) is 81.3 Å². The molecule has 156 valence electrons. The van der Waals surface area contributed by atoms with Crippen LogP contribution in [-0.4, -0.2) is 0 Å². The molecule has 0 radical (unpaired) electrons. The molecule has 1 heterocycles. The molecular formula is C31H27N. The molecule has 0 saturated carbocycles. The summed E-state index contributed by atoms with van der Waals surface area (Å²) < 4.78 is 0. The fourth-order valence-corrected chi connectivity index (χ4v) is 6.90. The van der Waals surface area contributed by atoms with Crippen molar-refractivity contribution in [2.24, 2.45) is 0 Å². The van der Waals surface area contributed by atoms with Crippen LogP contribution in [0.3, 0.4) is 0 Å². The van der Waals surface area contributed by atoms with Gasteiger partial charge in [0.1, 0.15) is 0 Å². The molecule has 0 unspecified atom stereocenters. The van der Waals surface area contributed by atoms with Crippen LogP contribution in [0.2, 0.25) is 0 Å². The third kappa shape index (κ3) is 2.49. The highest BCUT2D eigenvalue weighted by Gasteiger charge is 2.48. The van der Waals surface area contributed by atoms with Gasteiger partial charge in [0.15, 0.2) is 0 Å². The molecule has 4 aromatic carbocycles. The van der Waals surface area contributed by atoms with Gasteiger partial charge in [-0.2, -0.15) is 0 Å². The zero-order valence-electron chi connectivity index (χ0n) is 18.3. The van der Waals surface area contributed by atoms with Crippen LogP contribution in [0.5, 0.6) is 0 Å². The van der Waals surface area contributed by atoms with Crippen molar-refractivity contribution in [3.05, 3.63) is 118 Å². The lowest BCUT2D eigenvalue weighted by Gasteiger charge is -2.35. The smallest absolute Gasteiger partial charge is 0.0221 e. The molecule has 1 heteroatoms. The van der Waals surface area contributed by atoms with Crippen LogP contribution < -0.4 is 5.32 Å². The van der Waals surface area contributed by atoms with Crippen LogP contribution in [0.1, 0.15) is 46.2 Å². The Hall–Kier alpha value is -3.16. The summed E-state index contributed by atoms with van der Waals surface area (Å²) in [7, 11) is 0. The third-order valence-corrected chi connectivity index (χ3v) is 8.17. The predicted octanol–water partition coefficient (Wildman–Crippen LogP) is 6.80. The van der Waals surface area contributed by atoms with Crippen LogP contribution in [-0.2, 0) is 31.3 Å². The molecule has 4 aromatic rings. The Morgan fingerprint density at radius 2 is 1.00 bits per heavy atom. The molecule has 1 nitrogen and oxygen atoms in total. The van der Waals surface area contributed by atoms with Crippen LogP contribution in [0.4, 0.5) is 0 Å². The molecule has 0 atom stereocenters. The van der Waals surface area contributed by atoms with Crippen molar-refractivity contribution in [2.45, 2.75) is 44.2 Å². The lowest BCUT2D eigenvalue weighted by atomic mass is 9.70. The van der Waals surface area contributed by atoms with Crippen LogP contribution in [0.15, 0.2) is 84.9 Å². The van der Waals surface area contributed by atoms with E-state index in [2.05, 4.69) is 90.2 Å². The van der Waals surface area contributed by atoms with Crippen LogP contribution in [0.25, 0.3) is 22.3 Å². The normalized spacial score (nSPS) is 17.4. The molecule has 7 rings (SSSR count). The fourth-order valence-electron chi connectivity index (χ4n) is 6.90. The van der Waals surface area contributed by atoms with Crippen molar-refractivity contribution in [3.8, 4) is 22.3 Å². The highest BCUT2D eigenvalue weighted by atomic mass is 14.9. The molecule has 2 aliphatic carbocycles. The average Bonchev–Trinajstić information content (AvgIpc) is 3.41. The average molecular weight is 414 g/mol. The van der Waals surface area contributed by atoms with E-state index < -0.39 is 0 Å². The standard InChI is InChI=1S/C31H27N/c1-3-7-21(8-4-1)25-13-11-23-15-17-31-18-16-24-12-14-26(22-9-5-2-6-10-22)28(30(24)31)20-32-19-27(25)29(23)31/h1-14,32H,15-20H2. The first-order chi connectivity index (χ1) is 15.9. The quantitative estimate of drug-likeness (QED) is 0.381. The Labute approximate surface area is 190 Å². The fraction of sp³-hybridized carbons (Fsp3) is 0.226. The number of rotatable bonds is 2. The maximum absolute atomic E-state index is 3.87. The van der Waals surface area contributed by atoms with Crippen LogP contribution in [0, 0.1) is 0 Å². The summed E-state index contributed by atoms with van der Waals surface area (Å²) in [6.45, 7) is 1.88. The minimum absolute atomic E-state index is 0.188. The second-order valence-electron chi connectivity index (χ2n) is 9.67. The highest BCUT2D eigenvalue weighted by Crippen LogP contribution is 2.57. The Balaban J connectivity index is 1.51. The Morgan fingerprint density at radius 3 is 1.47 bits per heavy atom. The summed E-state index contributed by atoms with van der Waals surface area (Å²) >= 11 is 0. The molecule has 0 saturated heterocycles. The Bertz CT molecular complexity index is 1230. The molecule has 0 aromatic heterocycles. The van der Waals surface area contributed by atoms with Crippen molar-refractivity contribution >= 4 is 0 Å². The van der Waals surface area contributed by atoms with Crippen molar-refractivity contribution in [1.82, 2.24) is 5.32 Å². The van der Waals surface area contributed by atoms with Crippen molar-refractivity contribution in [2.75, 3.05) is 0 Å². The number of nitrogens with one attached hydrogen (secondary N) is 1. The first-order valence-electron chi connectivity index (χ1n) is 12.0. The minimum Gasteiger partial charge on any atom is -0.309 e. The third-order valence-electron chi connectivity index (χ3n) is 8.17. The maximum atomic E-state index is 3.87. The van der Waals surface area contributed by atoms with Crippen LogP contribution >= 0.6 is 0 Å². The summed E-state index contributed by atoms with van der Waals surface area (Å²) in [5, 5.41) is 3.87. The number of aryl methyl sites for hydroxylation is 2. The molecule has 3 aliphatic rings. The van der Waals surface area contributed by atoms with E-state index >= 15 is 0 Å².